The highest BCUT2D eigenvalue weighted by Crippen LogP contribution is 2.27. The van der Waals surface area contributed by atoms with Crippen LogP contribution in [0.15, 0.2) is 71.6 Å². The number of anilines is 1. The van der Waals surface area contributed by atoms with Gasteiger partial charge in [-0.25, -0.2) is 12.8 Å². The third-order valence-electron chi connectivity index (χ3n) is 3.34. The van der Waals surface area contributed by atoms with Gasteiger partial charge in [0, 0.05) is 10.7 Å². The molecule has 3 aromatic carbocycles. The fraction of sp³-hybridized carbons (Fsp3) is 0. The van der Waals surface area contributed by atoms with Crippen molar-refractivity contribution in [3.05, 3.63) is 82.6 Å². The molecule has 8 heteroatoms. The summed E-state index contributed by atoms with van der Waals surface area (Å²) in [6, 6.07) is 16.2. The lowest BCUT2D eigenvalue weighted by Gasteiger charge is -2.11. The Morgan fingerprint density at radius 2 is 1.42 bits per heavy atom. The van der Waals surface area contributed by atoms with Gasteiger partial charge in [-0.2, -0.15) is 0 Å². The fourth-order valence-electron chi connectivity index (χ4n) is 2.13. The zero-order valence-corrected chi connectivity index (χ0v) is 15.4. The zero-order valence-electron chi connectivity index (χ0n) is 13.1. The summed E-state index contributed by atoms with van der Waals surface area (Å²) in [5.41, 5.74) is 0.314. The third kappa shape index (κ3) is 4.46. The maximum Gasteiger partial charge on any atom is 0.263 e. The molecule has 0 unspecified atom stereocenters. The maximum atomic E-state index is 13.1. The third-order valence-corrected chi connectivity index (χ3v) is 5.46. The lowest BCUT2D eigenvalue weighted by atomic mass is 10.3. The predicted octanol–water partition coefficient (Wildman–Crippen LogP) is 5.73. The molecule has 0 fully saturated rings. The van der Waals surface area contributed by atoms with Crippen LogP contribution in [0, 0.1) is 5.82 Å². The standard InChI is InChI=1S/C18H12Cl2FNO3S/c19-12-1-6-15(7-2-12)25-16-8-4-14(5-9-16)22-26(23,24)18-10-3-13(21)11-17(18)20/h1-11,22H. The molecule has 0 heterocycles. The first-order valence-corrected chi connectivity index (χ1v) is 9.59. The Labute approximate surface area is 160 Å². The van der Waals surface area contributed by atoms with E-state index in [9.17, 15) is 12.8 Å². The second-order valence-electron chi connectivity index (χ2n) is 5.26. The molecule has 26 heavy (non-hydrogen) atoms. The first kappa shape index (κ1) is 18.5. The van der Waals surface area contributed by atoms with Crippen LogP contribution in [-0.4, -0.2) is 8.42 Å². The van der Waals surface area contributed by atoms with Crippen LogP contribution < -0.4 is 9.46 Å². The van der Waals surface area contributed by atoms with Crippen molar-refractivity contribution < 1.29 is 17.5 Å². The summed E-state index contributed by atoms with van der Waals surface area (Å²) < 4.78 is 45.9. The molecule has 0 spiro atoms. The molecule has 0 saturated heterocycles. The van der Waals surface area contributed by atoms with Gasteiger partial charge < -0.3 is 4.74 Å². The van der Waals surface area contributed by atoms with Gasteiger partial charge in [0.15, 0.2) is 0 Å². The van der Waals surface area contributed by atoms with Crippen molar-refractivity contribution in [1.29, 1.82) is 0 Å². The van der Waals surface area contributed by atoms with Crippen molar-refractivity contribution in [2.24, 2.45) is 0 Å². The largest absolute Gasteiger partial charge is 0.457 e. The number of halogens is 3. The summed E-state index contributed by atoms with van der Waals surface area (Å²) in [5.74, 6) is 0.508. The van der Waals surface area contributed by atoms with Gasteiger partial charge in [-0.3, -0.25) is 4.72 Å². The van der Waals surface area contributed by atoms with Gasteiger partial charge in [-0.15, -0.1) is 0 Å². The van der Waals surface area contributed by atoms with E-state index in [-0.39, 0.29) is 9.92 Å². The van der Waals surface area contributed by atoms with E-state index in [2.05, 4.69) is 4.72 Å². The monoisotopic (exact) mass is 411 g/mol. The Morgan fingerprint density at radius 1 is 0.846 bits per heavy atom. The van der Waals surface area contributed by atoms with E-state index in [0.717, 1.165) is 18.2 Å². The van der Waals surface area contributed by atoms with Crippen molar-refractivity contribution in [2.75, 3.05) is 4.72 Å². The van der Waals surface area contributed by atoms with Crippen molar-refractivity contribution >= 4 is 38.9 Å². The van der Waals surface area contributed by atoms with Gasteiger partial charge in [0.1, 0.15) is 22.2 Å². The topological polar surface area (TPSA) is 55.4 Å². The fourth-order valence-corrected chi connectivity index (χ4v) is 3.85. The van der Waals surface area contributed by atoms with Gasteiger partial charge >= 0.3 is 0 Å². The number of hydrogen-bond acceptors (Lipinski definition) is 3. The first-order valence-electron chi connectivity index (χ1n) is 7.35. The highest BCUT2D eigenvalue weighted by molar-refractivity contribution is 7.92. The van der Waals surface area contributed by atoms with Crippen LogP contribution in [0.1, 0.15) is 0 Å². The van der Waals surface area contributed by atoms with Crippen molar-refractivity contribution in [2.45, 2.75) is 4.90 Å². The summed E-state index contributed by atoms with van der Waals surface area (Å²) in [7, 11) is -3.94. The summed E-state index contributed by atoms with van der Waals surface area (Å²) in [4.78, 5) is -0.206. The summed E-state index contributed by atoms with van der Waals surface area (Å²) in [5, 5.41) is 0.404. The minimum absolute atomic E-state index is 0.194. The number of rotatable bonds is 5. The molecule has 0 aliphatic heterocycles. The second kappa shape index (κ2) is 7.53. The Bertz CT molecular complexity index is 1020. The molecule has 0 saturated carbocycles. The molecule has 1 N–H and O–H groups in total. The van der Waals surface area contributed by atoms with Crippen LogP contribution in [0.5, 0.6) is 11.5 Å². The quantitative estimate of drug-likeness (QED) is 0.583. The molecule has 134 valence electrons. The van der Waals surface area contributed by atoms with E-state index in [1.807, 2.05) is 0 Å². The van der Waals surface area contributed by atoms with Gasteiger partial charge in [0.2, 0.25) is 0 Å². The lowest BCUT2D eigenvalue weighted by Crippen LogP contribution is -2.13. The summed E-state index contributed by atoms with van der Waals surface area (Å²) in [6.45, 7) is 0. The van der Waals surface area contributed by atoms with Crippen LogP contribution in [0.3, 0.4) is 0 Å². The van der Waals surface area contributed by atoms with Crippen LogP contribution >= 0.6 is 23.2 Å². The minimum Gasteiger partial charge on any atom is -0.457 e. The number of benzene rings is 3. The van der Waals surface area contributed by atoms with Crippen molar-refractivity contribution in [3.63, 3.8) is 0 Å². The Balaban J connectivity index is 1.75. The molecular formula is C18H12Cl2FNO3S. The Hall–Kier alpha value is -2.28. The second-order valence-corrected chi connectivity index (χ2v) is 7.76. The highest BCUT2D eigenvalue weighted by Gasteiger charge is 2.18. The maximum absolute atomic E-state index is 13.1. The first-order chi connectivity index (χ1) is 12.3. The number of sulfonamides is 1. The zero-order chi connectivity index (χ0) is 18.7. The van der Waals surface area contributed by atoms with E-state index in [1.165, 1.54) is 0 Å². The van der Waals surface area contributed by atoms with Crippen molar-refractivity contribution in [3.8, 4) is 11.5 Å². The van der Waals surface area contributed by atoms with E-state index in [1.54, 1.807) is 48.5 Å². The number of ether oxygens (including phenoxy) is 1. The SMILES string of the molecule is O=S(=O)(Nc1ccc(Oc2ccc(Cl)cc2)cc1)c1ccc(F)cc1Cl. The van der Waals surface area contributed by atoms with Crippen LogP contribution in [-0.2, 0) is 10.0 Å². The average molecular weight is 412 g/mol. The number of nitrogens with one attached hydrogen (secondary N) is 1. The molecule has 0 aliphatic rings. The van der Waals surface area contributed by atoms with E-state index < -0.39 is 15.8 Å². The Kier molecular flexibility index (Phi) is 5.36. The molecule has 0 amide bonds. The van der Waals surface area contributed by atoms with Gasteiger partial charge in [0.05, 0.1) is 5.02 Å². The van der Waals surface area contributed by atoms with Gasteiger partial charge in [-0.1, -0.05) is 23.2 Å². The van der Waals surface area contributed by atoms with E-state index >= 15 is 0 Å². The molecule has 4 nitrogen and oxygen atoms in total. The minimum atomic E-state index is -3.94. The molecule has 3 aromatic rings. The lowest BCUT2D eigenvalue weighted by molar-refractivity contribution is 0.483. The van der Waals surface area contributed by atoms with Gasteiger partial charge in [0.25, 0.3) is 10.0 Å². The van der Waals surface area contributed by atoms with Gasteiger partial charge in [-0.05, 0) is 66.7 Å². The summed E-state index contributed by atoms with van der Waals surface area (Å²) in [6.07, 6.45) is 0. The van der Waals surface area contributed by atoms with Crippen molar-refractivity contribution in [1.82, 2.24) is 0 Å². The van der Waals surface area contributed by atoms with Crippen LogP contribution in [0.4, 0.5) is 10.1 Å². The predicted molar refractivity (Wildman–Crippen MR) is 100 cm³/mol. The molecule has 3 rings (SSSR count). The van der Waals surface area contributed by atoms with Crippen LogP contribution in [0.2, 0.25) is 10.0 Å². The molecular weight excluding hydrogens is 400 g/mol. The smallest absolute Gasteiger partial charge is 0.263 e. The van der Waals surface area contributed by atoms with E-state index in [4.69, 9.17) is 27.9 Å². The number of hydrogen-bond donors (Lipinski definition) is 1. The molecule has 0 atom stereocenters. The average Bonchev–Trinajstić information content (AvgIpc) is 2.58. The highest BCUT2D eigenvalue weighted by atomic mass is 35.5. The Morgan fingerprint density at radius 3 is 2.00 bits per heavy atom. The summed E-state index contributed by atoms with van der Waals surface area (Å²) >= 11 is 11.6. The molecule has 0 radical (unpaired) electrons. The molecule has 0 aliphatic carbocycles. The molecule has 0 bridgehead atoms. The van der Waals surface area contributed by atoms with Crippen LogP contribution in [0.25, 0.3) is 0 Å². The molecule has 0 aromatic heterocycles. The normalized spacial score (nSPS) is 11.2. The van der Waals surface area contributed by atoms with E-state index in [0.29, 0.717) is 22.2 Å².